The van der Waals surface area contributed by atoms with E-state index in [4.69, 9.17) is 5.73 Å². The second-order valence-electron chi connectivity index (χ2n) is 5.25. The van der Waals surface area contributed by atoms with E-state index in [0.717, 1.165) is 13.1 Å². The van der Waals surface area contributed by atoms with Gasteiger partial charge in [-0.05, 0) is 30.6 Å². The molecule has 84 valence electrons. The summed E-state index contributed by atoms with van der Waals surface area (Å²) < 4.78 is 0. The van der Waals surface area contributed by atoms with Gasteiger partial charge in [0.25, 0.3) is 0 Å². The summed E-state index contributed by atoms with van der Waals surface area (Å²) in [6, 6.07) is 0. The minimum Gasteiger partial charge on any atom is -0.329 e. The average molecular weight is 216 g/mol. The van der Waals surface area contributed by atoms with Gasteiger partial charge in [-0.25, -0.2) is 0 Å². The summed E-state index contributed by atoms with van der Waals surface area (Å²) in [4.78, 5) is 0. The number of nitrogens with one attached hydrogen (secondary N) is 1. The molecule has 0 aliphatic carbocycles. The molecule has 3 N–H and O–H groups in total. The Morgan fingerprint density at radius 3 is 2.57 bits per heavy atom. The van der Waals surface area contributed by atoms with Crippen LogP contribution in [0.5, 0.6) is 0 Å². The van der Waals surface area contributed by atoms with Gasteiger partial charge in [0.05, 0.1) is 0 Å². The van der Waals surface area contributed by atoms with Gasteiger partial charge in [0.1, 0.15) is 0 Å². The number of hydrogen-bond donors (Lipinski definition) is 2. The van der Waals surface area contributed by atoms with Crippen LogP contribution in [0.3, 0.4) is 0 Å². The van der Waals surface area contributed by atoms with Crippen LogP contribution in [0, 0.1) is 5.41 Å². The van der Waals surface area contributed by atoms with Crippen molar-refractivity contribution in [1.82, 2.24) is 5.32 Å². The summed E-state index contributed by atoms with van der Waals surface area (Å²) in [5.41, 5.74) is 6.55. The quantitative estimate of drug-likeness (QED) is 0.753. The van der Waals surface area contributed by atoms with Crippen LogP contribution < -0.4 is 11.1 Å². The van der Waals surface area contributed by atoms with Gasteiger partial charge in [0.2, 0.25) is 0 Å². The molecular formula is C11H24N2S. The largest absolute Gasteiger partial charge is 0.329 e. The maximum Gasteiger partial charge on any atom is 0.0400 e. The molecule has 0 saturated carbocycles. The van der Waals surface area contributed by atoms with Crippen LogP contribution in [0.25, 0.3) is 0 Å². The second kappa shape index (κ2) is 4.86. The molecular weight excluding hydrogens is 192 g/mol. The van der Waals surface area contributed by atoms with Crippen LogP contribution >= 0.6 is 11.8 Å². The Kier molecular flexibility index (Phi) is 4.29. The van der Waals surface area contributed by atoms with Crippen molar-refractivity contribution in [3.8, 4) is 0 Å². The highest BCUT2D eigenvalue weighted by molar-refractivity contribution is 7.99. The van der Waals surface area contributed by atoms with E-state index in [0.29, 0.717) is 5.41 Å². The third kappa shape index (κ3) is 3.14. The third-order valence-corrected chi connectivity index (χ3v) is 4.57. The normalized spacial score (nSPS) is 31.7. The summed E-state index contributed by atoms with van der Waals surface area (Å²) in [6.07, 6.45) is 2.40. The molecule has 0 bridgehead atoms. The molecule has 1 fully saturated rings. The van der Waals surface area contributed by atoms with Gasteiger partial charge in [-0.1, -0.05) is 20.8 Å². The number of hydrogen-bond acceptors (Lipinski definition) is 3. The fourth-order valence-electron chi connectivity index (χ4n) is 2.25. The highest BCUT2D eigenvalue weighted by Crippen LogP contribution is 2.38. The first-order valence-electron chi connectivity index (χ1n) is 5.56. The third-order valence-electron chi connectivity index (χ3n) is 2.83. The van der Waals surface area contributed by atoms with Crippen molar-refractivity contribution in [3.63, 3.8) is 0 Å². The van der Waals surface area contributed by atoms with Crippen molar-refractivity contribution in [2.24, 2.45) is 11.1 Å². The fraction of sp³-hybridized carbons (Fsp3) is 1.00. The Morgan fingerprint density at radius 1 is 1.36 bits per heavy atom. The Balaban J connectivity index is 2.58. The predicted molar refractivity (Wildman–Crippen MR) is 65.8 cm³/mol. The van der Waals surface area contributed by atoms with Crippen molar-refractivity contribution >= 4 is 11.8 Å². The zero-order valence-corrected chi connectivity index (χ0v) is 10.5. The summed E-state index contributed by atoms with van der Waals surface area (Å²) in [6.45, 7) is 8.75. The second-order valence-corrected chi connectivity index (χ2v) is 6.23. The molecule has 0 radical (unpaired) electrons. The van der Waals surface area contributed by atoms with E-state index in [1.807, 2.05) is 11.8 Å². The van der Waals surface area contributed by atoms with Crippen molar-refractivity contribution in [1.29, 1.82) is 0 Å². The van der Waals surface area contributed by atoms with Crippen molar-refractivity contribution < 1.29 is 0 Å². The summed E-state index contributed by atoms with van der Waals surface area (Å²) in [7, 11) is 0. The maximum atomic E-state index is 5.92. The molecule has 0 amide bonds. The van der Waals surface area contributed by atoms with Crippen LogP contribution in [-0.4, -0.2) is 30.1 Å². The molecule has 0 aromatic heterocycles. The van der Waals surface area contributed by atoms with E-state index in [1.165, 1.54) is 24.3 Å². The topological polar surface area (TPSA) is 38.0 Å². The first-order chi connectivity index (χ1) is 6.54. The number of thioether (sulfide) groups is 1. The first-order valence-corrected chi connectivity index (χ1v) is 6.72. The van der Waals surface area contributed by atoms with Gasteiger partial charge in [0, 0.05) is 17.8 Å². The van der Waals surface area contributed by atoms with Gasteiger partial charge in [-0.15, -0.1) is 0 Å². The maximum absolute atomic E-state index is 5.92. The lowest BCUT2D eigenvalue weighted by atomic mass is 9.80. The smallest absolute Gasteiger partial charge is 0.0400 e. The van der Waals surface area contributed by atoms with E-state index < -0.39 is 0 Å². The van der Waals surface area contributed by atoms with E-state index >= 15 is 0 Å². The lowest BCUT2D eigenvalue weighted by Crippen LogP contribution is -2.58. The Morgan fingerprint density at radius 2 is 2.07 bits per heavy atom. The zero-order valence-electron chi connectivity index (χ0n) is 9.73. The molecule has 1 heterocycles. The lowest BCUT2D eigenvalue weighted by molar-refractivity contribution is 0.229. The van der Waals surface area contributed by atoms with Gasteiger partial charge in [-0.3, -0.25) is 0 Å². The van der Waals surface area contributed by atoms with Gasteiger partial charge >= 0.3 is 0 Å². The SMILES string of the molecule is CCCNC1(CN)CSCC(C)(C)C1. The molecule has 1 aliphatic rings. The summed E-state index contributed by atoms with van der Waals surface area (Å²) >= 11 is 2.04. The van der Waals surface area contributed by atoms with Gasteiger partial charge in [0.15, 0.2) is 0 Å². The highest BCUT2D eigenvalue weighted by atomic mass is 32.2. The molecule has 0 aromatic rings. The van der Waals surface area contributed by atoms with E-state index in [1.54, 1.807) is 0 Å². The van der Waals surface area contributed by atoms with Crippen molar-refractivity contribution in [2.45, 2.75) is 39.2 Å². The first kappa shape index (κ1) is 12.3. The van der Waals surface area contributed by atoms with Gasteiger partial charge < -0.3 is 11.1 Å². The number of nitrogens with two attached hydrogens (primary N) is 1. The fourth-order valence-corrected chi connectivity index (χ4v) is 3.72. The van der Waals surface area contributed by atoms with Crippen LogP contribution in [0.4, 0.5) is 0 Å². The van der Waals surface area contributed by atoms with Crippen molar-refractivity contribution in [2.75, 3.05) is 24.6 Å². The Labute approximate surface area is 92.4 Å². The summed E-state index contributed by atoms with van der Waals surface area (Å²) in [5, 5.41) is 3.64. The van der Waals surface area contributed by atoms with Crippen LogP contribution in [0.2, 0.25) is 0 Å². The Bertz CT molecular complexity index is 182. The Hall–Kier alpha value is 0.270. The molecule has 2 nitrogen and oxygen atoms in total. The van der Waals surface area contributed by atoms with E-state index in [2.05, 4.69) is 26.1 Å². The summed E-state index contributed by atoms with van der Waals surface area (Å²) in [5.74, 6) is 2.44. The minimum absolute atomic E-state index is 0.197. The van der Waals surface area contributed by atoms with Crippen LogP contribution in [0.15, 0.2) is 0 Å². The lowest BCUT2D eigenvalue weighted by Gasteiger charge is -2.44. The molecule has 1 atom stereocenters. The monoisotopic (exact) mass is 216 g/mol. The molecule has 1 saturated heterocycles. The molecule has 3 heteroatoms. The highest BCUT2D eigenvalue weighted by Gasteiger charge is 2.38. The standard InChI is InChI=1S/C11H24N2S/c1-4-5-13-11(7-12)6-10(2,3)8-14-9-11/h13H,4-9,12H2,1-3H3. The number of rotatable bonds is 4. The predicted octanol–water partition coefficient (Wildman–Crippen LogP) is 1.85. The molecule has 0 spiro atoms. The molecule has 14 heavy (non-hydrogen) atoms. The average Bonchev–Trinajstić information content (AvgIpc) is 2.13. The molecule has 1 rings (SSSR count). The van der Waals surface area contributed by atoms with Crippen LogP contribution in [-0.2, 0) is 0 Å². The van der Waals surface area contributed by atoms with E-state index in [-0.39, 0.29) is 5.54 Å². The molecule has 1 aliphatic heterocycles. The minimum atomic E-state index is 0.197. The van der Waals surface area contributed by atoms with Crippen molar-refractivity contribution in [3.05, 3.63) is 0 Å². The van der Waals surface area contributed by atoms with Crippen LogP contribution in [0.1, 0.15) is 33.6 Å². The van der Waals surface area contributed by atoms with Gasteiger partial charge in [-0.2, -0.15) is 11.8 Å². The molecule has 1 unspecified atom stereocenters. The van der Waals surface area contributed by atoms with E-state index in [9.17, 15) is 0 Å². The zero-order chi connectivity index (χ0) is 10.7. The molecule has 0 aromatic carbocycles.